The van der Waals surface area contributed by atoms with Gasteiger partial charge in [-0.3, -0.25) is 9.55 Å². The molecular weight excluding hydrogens is 351 g/mol. The lowest BCUT2D eigenvalue weighted by molar-refractivity contribution is 0.485. The minimum Gasteiger partial charge on any atom is -0.467 e. The number of benzene rings is 1. The Morgan fingerprint density at radius 2 is 1.85 bits per heavy atom. The average molecular weight is 366 g/mol. The Bertz CT molecular complexity index is 986. The average Bonchev–Trinajstić information content (AvgIpc) is 3.32. The quantitative estimate of drug-likeness (QED) is 0.473. The van der Waals surface area contributed by atoms with Crippen molar-refractivity contribution in [3.63, 3.8) is 0 Å². The lowest BCUT2D eigenvalue weighted by Gasteiger charge is -2.09. The van der Waals surface area contributed by atoms with Gasteiger partial charge in [0, 0.05) is 23.7 Å². The Labute approximate surface area is 153 Å². The van der Waals surface area contributed by atoms with Crippen LogP contribution >= 0.6 is 11.8 Å². The minimum absolute atomic E-state index is 0.216. The molecule has 0 spiro atoms. The molecule has 0 N–H and O–H groups in total. The normalized spacial score (nSPS) is 11.0. The van der Waals surface area contributed by atoms with E-state index in [1.165, 1.54) is 17.8 Å². The molecule has 130 valence electrons. The minimum atomic E-state index is -0.216. The van der Waals surface area contributed by atoms with E-state index in [0.717, 1.165) is 17.1 Å². The Balaban J connectivity index is 1.65. The second-order valence-corrected chi connectivity index (χ2v) is 6.53. The zero-order chi connectivity index (χ0) is 17.8. The van der Waals surface area contributed by atoms with Crippen molar-refractivity contribution in [1.82, 2.24) is 19.7 Å². The molecule has 0 radical (unpaired) electrons. The lowest BCUT2D eigenvalue weighted by Crippen LogP contribution is -2.03. The van der Waals surface area contributed by atoms with Gasteiger partial charge in [-0.2, -0.15) is 0 Å². The summed E-state index contributed by atoms with van der Waals surface area (Å²) in [7, 11) is 0. The van der Waals surface area contributed by atoms with Crippen molar-refractivity contribution < 1.29 is 8.81 Å². The highest BCUT2D eigenvalue weighted by Crippen LogP contribution is 2.27. The maximum Gasteiger partial charge on any atom is 0.192 e. The fourth-order valence-corrected chi connectivity index (χ4v) is 3.49. The number of thioether (sulfide) groups is 1. The molecule has 26 heavy (non-hydrogen) atoms. The van der Waals surface area contributed by atoms with Gasteiger partial charge >= 0.3 is 0 Å². The smallest absolute Gasteiger partial charge is 0.192 e. The van der Waals surface area contributed by atoms with Gasteiger partial charge in [0.15, 0.2) is 11.0 Å². The van der Waals surface area contributed by atoms with Crippen LogP contribution in [0.2, 0.25) is 0 Å². The van der Waals surface area contributed by atoms with Crippen LogP contribution in [0.5, 0.6) is 0 Å². The van der Waals surface area contributed by atoms with Crippen LogP contribution in [0.15, 0.2) is 76.8 Å². The number of furan rings is 1. The molecule has 1 aromatic carbocycles. The number of nitrogens with zero attached hydrogens (tertiary/aromatic N) is 4. The molecule has 7 heteroatoms. The number of pyridine rings is 1. The van der Waals surface area contributed by atoms with Crippen molar-refractivity contribution in [2.45, 2.75) is 17.5 Å². The predicted octanol–water partition coefficient (Wildman–Crippen LogP) is 4.41. The van der Waals surface area contributed by atoms with E-state index in [9.17, 15) is 4.39 Å². The summed E-state index contributed by atoms with van der Waals surface area (Å²) >= 11 is 1.44. The first-order chi connectivity index (χ1) is 12.8. The molecule has 0 bridgehead atoms. The molecule has 0 aliphatic heterocycles. The van der Waals surface area contributed by atoms with E-state index in [2.05, 4.69) is 15.2 Å². The number of rotatable bonds is 6. The van der Waals surface area contributed by atoms with Crippen molar-refractivity contribution >= 4 is 11.8 Å². The van der Waals surface area contributed by atoms with Crippen molar-refractivity contribution in [3.8, 4) is 11.4 Å². The molecule has 3 aromatic heterocycles. The third kappa shape index (κ3) is 3.52. The zero-order valence-corrected chi connectivity index (χ0v) is 14.6. The molecule has 4 rings (SSSR count). The molecule has 0 aliphatic rings. The largest absolute Gasteiger partial charge is 0.467 e. The molecule has 0 saturated heterocycles. The first-order valence-electron chi connectivity index (χ1n) is 8.03. The van der Waals surface area contributed by atoms with E-state index in [-0.39, 0.29) is 5.82 Å². The van der Waals surface area contributed by atoms with Crippen LogP contribution < -0.4 is 0 Å². The molecule has 5 nitrogen and oxygen atoms in total. The van der Waals surface area contributed by atoms with Crippen LogP contribution in [-0.4, -0.2) is 19.7 Å². The number of hydrogen-bond donors (Lipinski definition) is 0. The van der Waals surface area contributed by atoms with Gasteiger partial charge in [-0.15, -0.1) is 10.2 Å². The van der Waals surface area contributed by atoms with Crippen LogP contribution in [0.1, 0.15) is 11.3 Å². The summed E-state index contributed by atoms with van der Waals surface area (Å²) in [4.78, 5) is 4.05. The third-order valence-corrected chi connectivity index (χ3v) is 4.88. The number of hydrogen-bond acceptors (Lipinski definition) is 5. The number of halogens is 1. The Morgan fingerprint density at radius 3 is 2.62 bits per heavy atom. The maximum atomic E-state index is 13.9. The Morgan fingerprint density at radius 1 is 1.00 bits per heavy atom. The van der Waals surface area contributed by atoms with Crippen molar-refractivity contribution in [3.05, 3.63) is 84.3 Å². The van der Waals surface area contributed by atoms with Gasteiger partial charge in [-0.05, 0) is 35.9 Å². The van der Waals surface area contributed by atoms with Gasteiger partial charge in [-0.25, -0.2) is 4.39 Å². The first kappa shape index (κ1) is 16.5. The summed E-state index contributed by atoms with van der Waals surface area (Å²) in [6.07, 6.45) is 5.07. The monoisotopic (exact) mass is 366 g/mol. The van der Waals surface area contributed by atoms with E-state index in [0.29, 0.717) is 23.0 Å². The zero-order valence-electron chi connectivity index (χ0n) is 13.7. The molecule has 0 fully saturated rings. The highest BCUT2D eigenvalue weighted by atomic mass is 32.2. The van der Waals surface area contributed by atoms with E-state index >= 15 is 0 Å². The summed E-state index contributed by atoms with van der Waals surface area (Å²) in [5.74, 6) is 1.78. The second kappa shape index (κ2) is 7.53. The summed E-state index contributed by atoms with van der Waals surface area (Å²) in [5.41, 5.74) is 1.55. The molecular formula is C19H15FN4OS. The summed E-state index contributed by atoms with van der Waals surface area (Å²) in [6, 6.07) is 14.3. The fourth-order valence-electron chi connectivity index (χ4n) is 2.57. The molecule has 4 aromatic rings. The molecule has 0 amide bonds. The van der Waals surface area contributed by atoms with E-state index in [4.69, 9.17) is 4.42 Å². The van der Waals surface area contributed by atoms with Crippen LogP contribution in [0.3, 0.4) is 0 Å². The van der Waals surface area contributed by atoms with Gasteiger partial charge in [0.2, 0.25) is 0 Å². The summed E-state index contributed by atoms with van der Waals surface area (Å²) in [6.45, 7) is 0.497. The van der Waals surface area contributed by atoms with E-state index in [1.54, 1.807) is 30.8 Å². The number of aromatic nitrogens is 4. The molecule has 3 heterocycles. The topological polar surface area (TPSA) is 56.7 Å². The van der Waals surface area contributed by atoms with Gasteiger partial charge in [-0.1, -0.05) is 30.0 Å². The van der Waals surface area contributed by atoms with Gasteiger partial charge in [0.25, 0.3) is 0 Å². The Hall–Kier alpha value is -2.93. The third-order valence-electron chi connectivity index (χ3n) is 3.86. The van der Waals surface area contributed by atoms with Crippen LogP contribution in [0.25, 0.3) is 11.4 Å². The van der Waals surface area contributed by atoms with Crippen molar-refractivity contribution in [2.24, 2.45) is 0 Å². The maximum absolute atomic E-state index is 13.9. The predicted molar refractivity (Wildman–Crippen MR) is 97.0 cm³/mol. The molecule has 0 saturated carbocycles. The van der Waals surface area contributed by atoms with Crippen LogP contribution in [-0.2, 0) is 12.3 Å². The standard InChI is InChI=1S/C19H15FN4OS/c20-17-6-2-1-4-15(17)13-26-19-23-22-18(14-7-9-21-10-8-14)24(19)12-16-5-3-11-25-16/h1-11H,12-13H2. The van der Waals surface area contributed by atoms with Crippen molar-refractivity contribution in [1.29, 1.82) is 0 Å². The van der Waals surface area contributed by atoms with Gasteiger partial charge in [0.05, 0.1) is 12.8 Å². The van der Waals surface area contributed by atoms with Crippen LogP contribution in [0.4, 0.5) is 4.39 Å². The molecule has 0 unspecified atom stereocenters. The summed E-state index contributed by atoms with van der Waals surface area (Å²) < 4.78 is 21.3. The molecule has 0 atom stereocenters. The Kier molecular flexibility index (Phi) is 4.79. The van der Waals surface area contributed by atoms with E-state index in [1.807, 2.05) is 34.9 Å². The summed E-state index contributed by atoms with van der Waals surface area (Å²) in [5, 5.41) is 9.34. The lowest BCUT2D eigenvalue weighted by atomic mass is 10.2. The van der Waals surface area contributed by atoms with E-state index < -0.39 is 0 Å². The second-order valence-electron chi connectivity index (χ2n) is 5.59. The SMILES string of the molecule is Fc1ccccc1CSc1nnc(-c2ccncc2)n1Cc1ccco1. The van der Waals surface area contributed by atoms with Gasteiger partial charge < -0.3 is 4.42 Å². The molecule has 0 aliphatic carbocycles. The highest BCUT2D eigenvalue weighted by molar-refractivity contribution is 7.98. The van der Waals surface area contributed by atoms with Gasteiger partial charge in [0.1, 0.15) is 11.6 Å². The highest BCUT2D eigenvalue weighted by Gasteiger charge is 2.16. The van der Waals surface area contributed by atoms with Crippen molar-refractivity contribution in [2.75, 3.05) is 0 Å². The van der Waals surface area contributed by atoms with Crippen LogP contribution in [0, 0.1) is 5.82 Å². The fraction of sp³-hybridized carbons (Fsp3) is 0.105. The first-order valence-corrected chi connectivity index (χ1v) is 9.02.